The highest BCUT2D eigenvalue weighted by molar-refractivity contribution is 5.93. The van der Waals surface area contributed by atoms with Gasteiger partial charge in [-0.3, -0.25) is 9.59 Å². The number of hydrogen-bond donors (Lipinski definition) is 1. The Bertz CT molecular complexity index is 1470. The number of aromatic nitrogens is 2. The third kappa shape index (κ3) is 6.03. The Kier molecular flexibility index (Phi) is 7.13. The number of ether oxygens (including phenoxy) is 3. The molecule has 1 amide bonds. The van der Waals surface area contributed by atoms with Crippen molar-refractivity contribution in [2.24, 2.45) is 11.8 Å². The Morgan fingerprint density at radius 2 is 2.00 bits per heavy atom. The molecular formula is C30H31N3O5. The van der Waals surface area contributed by atoms with Gasteiger partial charge >= 0.3 is 5.97 Å². The maximum Gasteiger partial charge on any atom is 0.308 e. The number of amides is 1. The summed E-state index contributed by atoms with van der Waals surface area (Å²) >= 11 is 0. The van der Waals surface area contributed by atoms with E-state index in [9.17, 15) is 9.59 Å². The Morgan fingerprint density at radius 1 is 1.16 bits per heavy atom. The van der Waals surface area contributed by atoms with Gasteiger partial charge in [-0.25, -0.2) is 4.98 Å². The molecule has 0 spiro atoms. The van der Waals surface area contributed by atoms with Crippen LogP contribution < -0.4 is 19.5 Å². The van der Waals surface area contributed by atoms with Crippen molar-refractivity contribution in [3.63, 3.8) is 0 Å². The van der Waals surface area contributed by atoms with E-state index in [1.807, 2.05) is 42.0 Å². The van der Waals surface area contributed by atoms with Crippen LogP contribution >= 0.6 is 0 Å². The number of nitrogens with one attached hydrogen (secondary N) is 1. The van der Waals surface area contributed by atoms with Crippen LogP contribution in [-0.4, -0.2) is 35.1 Å². The Balaban J connectivity index is 0.00000353. The van der Waals surface area contributed by atoms with Gasteiger partial charge in [0.1, 0.15) is 12.4 Å². The lowest BCUT2D eigenvalue weighted by Crippen LogP contribution is -2.25. The average Bonchev–Trinajstić information content (AvgIpc) is 3.52. The minimum Gasteiger partial charge on any atom is -0.493 e. The molecule has 1 N–H and O–H groups in total. The summed E-state index contributed by atoms with van der Waals surface area (Å²) in [6.45, 7) is 3.62. The molecule has 1 aromatic heterocycles. The van der Waals surface area contributed by atoms with Crippen molar-refractivity contribution < 1.29 is 25.2 Å². The van der Waals surface area contributed by atoms with E-state index in [0.29, 0.717) is 35.5 Å². The number of aryl methyl sites for hydroxylation is 1. The minimum absolute atomic E-state index is 0. The van der Waals surface area contributed by atoms with Gasteiger partial charge in [0.25, 0.3) is 0 Å². The topological polar surface area (TPSA) is 91.7 Å². The zero-order valence-corrected chi connectivity index (χ0v) is 21.5. The Labute approximate surface area is 222 Å². The number of benzene rings is 2. The molecule has 196 valence electrons. The quantitative estimate of drug-likeness (QED) is 0.245. The summed E-state index contributed by atoms with van der Waals surface area (Å²) in [5.41, 5.74) is 4.34. The number of hydrogen-bond acceptors (Lipinski definition) is 6. The first kappa shape index (κ1) is 25.1. The molecule has 2 aliphatic carbocycles. The molecule has 0 aliphatic heterocycles. The highest BCUT2D eigenvalue weighted by Crippen LogP contribution is 2.46. The number of nitrogens with zero attached hydrogens (tertiary/aromatic N) is 2. The number of carbonyl (C=O) groups is 2. The molecule has 2 atom stereocenters. The van der Waals surface area contributed by atoms with Gasteiger partial charge in [-0.15, -0.1) is 0 Å². The van der Waals surface area contributed by atoms with Gasteiger partial charge in [-0.05, 0) is 61.1 Å². The second-order valence-corrected chi connectivity index (χ2v) is 9.37. The van der Waals surface area contributed by atoms with E-state index in [2.05, 4.69) is 22.5 Å². The molecule has 2 aliphatic rings. The maximum atomic E-state index is 12.8. The van der Waals surface area contributed by atoms with Crippen LogP contribution in [0.4, 0.5) is 0 Å². The fourth-order valence-electron chi connectivity index (χ4n) is 4.37. The van der Waals surface area contributed by atoms with Crippen molar-refractivity contribution in [3.8, 4) is 22.9 Å². The predicted octanol–water partition coefficient (Wildman–Crippen LogP) is 5.03. The maximum absolute atomic E-state index is 12.8. The van der Waals surface area contributed by atoms with E-state index in [1.54, 1.807) is 30.6 Å². The number of allylic oxidation sites excluding steroid dienone is 2. The SMILES string of the molecule is COc1ccc(/C=C/C(=O)NC2=CC3CC3C=C2COc2cccc(-n3cnc(C)c3)c2)cc1OC(C)=O.[HH]. The van der Waals surface area contributed by atoms with E-state index < -0.39 is 5.97 Å². The van der Waals surface area contributed by atoms with Crippen LogP contribution in [-0.2, 0) is 9.59 Å². The van der Waals surface area contributed by atoms with Gasteiger partial charge in [-0.1, -0.05) is 24.3 Å². The van der Waals surface area contributed by atoms with Crippen LogP contribution in [0, 0.1) is 18.8 Å². The van der Waals surface area contributed by atoms with Crippen LogP contribution in [0.1, 0.15) is 26.0 Å². The molecule has 0 saturated heterocycles. The van der Waals surface area contributed by atoms with E-state index in [-0.39, 0.29) is 7.33 Å². The largest absolute Gasteiger partial charge is 0.493 e. The summed E-state index contributed by atoms with van der Waals surface area (Å²) < 4.78 is 18.5. The number of esters is 1. The number of methoxy groups -OCH3 is 1. The fraction of sp³-hybridized carbons (Fsp3) is 0.233. The van der Waals surface area contributed by atoms with Gasteiger partial charge in [-0.2, -0.15) is 0 Å². The number of fused-ring (bicyclic) bond motifs is 1. The molecule has 8 nitrogen and oxygen atoms in total. The molecule has 0 bridgehead atoms. The van der Waals surface area contributed by atoms with Crippen LogP contribution in [0.2, 0.25) is 0 Å². The normalized spacial score (nSPS) is 17.8. The van der Waals surface area contributed by atoms with Crippen molar-refractivity contribution in [3.05, 3.63) is 95.7 Å². The lowest BCUT2D eigenvalue weighted by molar-refractivity contribution is -0.132. The second kappa shape index (κ2) is 10.8. The minimum atomic E-state index is -0.449. The lowest BCUT2D eigenvalue weighted by atomic mass is 10.0. The van der Waals surface area contributed by atoms with Crippen LogP contribution in [0.3, 0.4) is 0 Å². The molecule has 2 unspecified atom stereocenters. The zero-order valence-electron chi connectivity index (χ0n) is 21.5. The Morgan fingerprint density at radius 3 is 2.76 bits per heavy atom. The van der Waals surface area contributed by atoms with Gasteiger partial charge in [0.2, 0.25) is 5.91 Å². The molecule has 3 aromatic rings. The highest BCUT2D eigenvalue weighted by atomic mass is 16.6. The van der Waals surface area contributed by atoms with Gasteiger partial charge in [0.15, 0.2) is 11.5 Å². The third-order valence-electron chi connectivity index (χ3n) is 6.38. The molecule has 5 rings (SSSR count). The van der Waals surface area contributed by atoms with Crippen LogP contribution in [0.5, 0.6) is 17.2 Å². The molecule has 1 heterocycles. The summed E-state index contributed by atoms with van der Waals surface area (Å²) in [5, 5.41) is 3.01. The summed E-state index contributed by atoms with van der Waals surface area (Å²) in [6.07, 6.45) is 12.2. The predicted molar refractivity (Wildman–Crippen MR) is 145 cm³/mol. The van der Waals surface area contributed by atoms with E-state index in [1.165, 1.54) is 20.1 Å². The molecule has 1 fully saturated rings. The molecule has 8 heteroatoms. The van der Waals surface area contributed by atoms with Gasteiger partial charge in [0, 0.05) is 38.0 Å². The Hall–Kier alpha value is -4.59. The summed E-state index contributed by atoms with van der Waals surface area (Å²) in [7, 11) is 1.50. The van der Waals surface area contributed by atoms with E-state index >= 15 is 0 Å². The van der Waals surface area contributed by atoms with Crippen molar-refractivity contribution in [2.45, 2.75) is 20.3 Å². The first-order valence-electron chi connectivity index (χ1n) is 12.4. The van der Waals surface area contributed by atoms with Crippen LogP contribution in [0.15, 0.2) is 84.5 Å². The van der Waals surface area contributed by atoms with Crippen molar-refractivity contribution >= 4 is 18.0 Å². The molecule has 2 aromatic carbocycles. The van der Waals surface area contributed by atoms with E-state index in [4.69, 9.17) is 14.2 Å². The monoisotopic (exact) mass is 513 g/mol. The first-order valence-corrected chi connectivity index (χ1v) is 12.4. The number of rotatable bonds is 9. The summed E-state index contributed by atoms with van der Waals surface area (Å²) in [5.74, 6) is 1.73. The highest BCUT2D eigenvalue weighted by Gasteiger charge is 2.37. The van der Waals surface area contributed by atoms with E-state index in [0.717, 1.165) is 34.8 Å². The van der Waals surface area contributed by atoms with Crippen molar-refractivity contribution in [2.75, 3.05) is 13.7 Å². The zero-order chi connectivity index (χ0) is 26.6. The molecule has 1 saturated carbocycles. The first-order chi connectivity index (χ1) is 18.4. The summed E-state index contributed by atoms with van der Waals surface area (Å²) in [6, 6.07) is 12.9. The number of carbonyl (C=O) groups excluding carboxylic acids is 2. The molecular weight excluding hydrogens is 482 g/mol. The standard InChI is InChI=1S/C30H29N3O5.H2/c1-19-16-33(18-31-19)25-5-4-6-26(15-25)37-17-24-13-22-12-23(22)14-27(24)32-30(35)10-8-21-7-9-28(36-3)29(11-21)38-20(2)34;/h4-11,13-16,18,22-23H,12,17H2,1-3H3,(H,32,35);1H/b10-8+;. The van der Waals surface area contributed by atoms with Crippen molar-refractivity contribution in [1.29, 1.82) is 0 Å². The summed E-state index contributed by atoms with van der Waals surface area (Å²) in [4.78, 5) is 28.5. The molecule has 0 radical (unpaired) electrons. The molecule has 38 heavy (non-hydrogen) atoms. The average molecular weight is 514 g/mol. The van der Waals surface area contributed by atoms with Gasteiger partial charge < -0.3 is 24.1 Å². The fourth-order valence-corrected chi connectivity index (χ4v) is 4.37. The second-order valence-electron chi connectivity index (χ2n) is 9.37. The van der Waals surface area contributed by atoms with Crippen molar-refractivity contribution in [1.82, 2.24) is 14.9 Å². The number of imidazole rings is 1. The van der Waals surface area contributed by atoms with Gasteiger partial charge in [0.05, 0.1) is 24.8 Å². The van der Waals surface area contributed by atoms with Crippen LogP contribution in [0.25, 0.3) is 11.8 Å². The lowest BCUT2D eigenvalue weighted by Gasteiger charge is -2.17. The third-order valence-corrected chi connectivity index (χ3v) is 6.38. The smallest absolute Gasteiger partial charge is 0.308 e.